The number of hydrogen-bond donors (Lipinski definition) is 0. The topological polar surface area (TPSA) is 42.4 Å². The summed E-state index contributed by atoms with van der Waals surface area (Å²) in [7, 11) is 1.73. The molecule has 0 saturated heterocycles. The molecule has 0 N–H and O–H groups in total. The van der Waals surface area contributed by atoms with Crippen molar-refractivity contribution in [3.63, 3.8) is 0 Å². The summed E-state index contributed by atoms with van der Waals surface area (Å²) in [6, 6.07) is 10.8. The van der Waals surface area contributed by atoms with Gasteiger partial charge in [0.1, 0.15) is 5.75 Å². The van der Waals surface area contributed by atoms with Gasteiger partial charge in [0.05, 0.1) is 18.5 Å². The molecule has 0 atom stereocenters. The summed E-state index contributed by atoms with van der Waals surface area (Å²) >= 11 is 0. The predicted octanol–water partition coefficient (Wildman–Crippen LogP) is 2.76. The van der Waals surface area contributed by atoms with E-state index in [1.54, 1.807) is 54.7 Å². The van der Waals surface area contributed by atoms with E-state index in [1.807, 2.05) is 13.0 Å². The minimum absolute atomic E-state index is 0.0731. The summed E-state index contributed by atoms with van der Waals surface area (Å²) in [5, 5.41) is 0. The lowest BCUT2D eigenvalue weighted by Crippen LogP contribution is -2.26. The average Bonchev–Trinajstić information content (AvgIpc) is 2.48. The van der Waals surface area contributed by atoms with E-state index in [2.05, 4.69) is 4.98 Å². The van der Waals surface area contributed by atoms with Crippen LogP contribution in [0.2, 0.25) is 0 Å². The van der Waals surface area contributed by atoms with Gasteiger partial charge in [-0.15, -0.1) is 0 Å². The third-order valence-electron chi connectivity index (χ3n) is 2.75. The number of hydrogen-bond acceptors (Lipinski definition) is 3. The van der Waals surface area contributed by atoms with E-state index in [-0.39, 0.29) is 5.91 Å². The van der Waals surface area contributed by atoms with Crippen molar-refractivity contribution < 1.29 is 9.53 Å². The molecule has 2 rings (SSSR count). The molecule has 0 aliphatic carbocycles. The Labute approximate surface area is 112 Å². The van der Waals surface area contributed by atoms with Crippen LogP contribution in [0.4, 0.5) is 5.69 Å². The number of carbonyl (C=O) groups excluding carboxylic acids is 1. The molecular weight excluding hydrogens is 240 g/mol. The van der Waals surface area contributed by atoms with Crippen LogP contribution in [0, 0.1) is 0 Å². The van der Waals surface area contributed by atoms with Gasteiger partial charge >= 0.3 is 0 Å². The van der Waals surface area contributed by atoms with E-state index in [0.717, 1.165) is 11.4 Å². The van der Waals surface area contributed by atoms with Crippen LogP contribution in [-0.2, 0) is 0 Å². The summed E-state index contributed by atoms with van der Waals surface area (Å²) in [5.74, 6) is 0.694. The molecule has 19 heavy (non-hydrogen) atoms. The van der Waals surface area contributed by atoms with Crippen LogP contribution >= 0.6 is 0 Å². The van der Waals surface area contributed by atoms with Crippen molar-refractivity contribution in [1.82, 2.24) is 4.98 Å². The SMILES string of the molecule is CCOc1ccc(C(=O)N(C)c2cccnc2)cc1. The Kier molecular flexibility index (Phi) is 4.13. The van der Waals surface area contributed by atoms with Crippen molar-refractivity contribution in [3.8, 4) is 5.75 Å². The highest BCUT2D eigenvalue weighted by atomic mass is 16.5. The molecule has 1 aromatic carbocycles. The molecule has 98 valence electrons. The summed E-state index contributed by atoms with van der Waals surface area (Å²) in [4.78, 5) is 17.9. The fourth-order valence-corrected chi connectivity index (χ4v) is 1.72. The average molecular weight is 256 g/mol. The van der Waals surface area contributed by atoms with Crippen molar-refractivity contribution in [2.75, 3.05) is 18.6 Å². The molecule has 0 radical (unpaired) electrons. The summed E-state index contributed by atoms with van der Waals surface area (Å²) in [6.07, 6.45) is 3.34. The minimum Gasteiger partial charge on any atom is -0.494 e. The van der Waals surface area contributed by atoms with Gasteiger partial charge in [0.25, 0.3) is 5.91 Å². The van der Waals surface area contributed by atoms with Gasteiger partial charge in [-0.25, -0.2) is 0 Å². The Morgan fingerprint density at radius 2 is 2.00 bits per heavy atom. The monoisotopic (exact) mass is 256 g/mol. The first kappa shape index (κ1) is 13.1. The van der Waals surface area contributed by atoms with E-state index < -0.39 is 0 Å². The lowest BCUT2D eigenvalue weighted by molar-refractivity contribution is 0.0993. The van der Waals surface area contributed by atoms with Gasteiger partial charge < -0.3 is 9.64 Å². The molecule has 1 heterocycles. The molecule has 1 amide bonds. The maximum absolute atomic E-state index is 12.3. The Balaban J connectivity index is 2.15. The fraction of sp³-hybridized carbons (Fsp3) is 0.200. The van der Waals surface area contributed by atoms with Gasteiger partial charge in [0.15, 0.2) is 0 Å². The van der Waals surface area contributed by atoms with Gasteiger partial charge in [-0.3, -0.25) is 9.78 Å². The number of amides is 1. The molecule has 0 unspecified atom stereocenters. The van der Waals surface area contributed by atoms with E-state index in [1.165, 1.54) is 0 Å². The molecule has 0 fully saturated rings. The molecule has 0 saturated carbocycles. The summed E-state index contributed by atoms with van der Waals surface area (Å²) < 4.78 is 5.35. The quantitative estimate of drug-likeness (QED) is 0.844. The van der Waals surface area contributed by atoms with Crippen molar-refractivity contribution in [2.45, 2.75) is 6.92 Å². The van der Waals surface area contributed by atoms with Crippen LogP contribution in [0.15, 0.2) is 48.8 Å². The van der Waals surface area contributed by atoms with Gasteiger partial charge in [-0.1, -0.05) is 0 Å². The summed E-state index contributed by atoms with van der Waals surface area (Å²) in [5.41, 5.74) is 1.39. The van der Waals surface area contributed by atoms with Crippen LogP contribution < -0.4 is 9.64 Å². The van der Waals surface area contributed by atoms with E-state index in [4.69, 9.17) is 4.74 Å². The van der Waals surface area contributed by atoms with E-state index in [0.29, 0.717) is 12.2 Å². The third kappa shape index (κ3) is 3.10. The maximum atomic E-state index is 12.3. The Bertz CT molecular complexity index is 538. The molecule has 0 aliphatic rings. The van der Waals surface area contributed by atoms with Crippen LogP contribution in [0.5, 0.6) is 5.75 Å². The van der Waals surface area contributed by atoms with Crippen molar-refractivity contribution in [2.24, 2.45) is 0 Å². The number of ether oxygens (including phenoxy) is 1. The molecule has 0 bridgehead atoms. The normalized spacial score (nSPS) is 10.0. The highest BCUT2D eigenvalue weighted by molar-refractivity contribution is 6.05. The first-order valence-corrected chi connectivity index (χ1v) is 6.13. The van der Waals surface area contributed by atoms with Crippen LogP contribution in [-0.4, -0.2) is 24.5 Å². The second kappa shape index (κ2) is 6.00. The Hall–Kier alpha value is -2.36. The highest BCUT2D eigenvalue weighted by Gasteiger charge is 2.13. The van der Waals surface area contributed by atoms with Crippen LogP contribution in [0.3, 0.4) is 0 Å². The first-order valence-electron chi connectivity index (χ1n) is 6.13. The molecule has 1 aromatic heterocycles. The third-order valence-corrected chi connectivity index (χ3v) is 2.75. The number of rotatable bonds is 4. The number of benzene rings is 1. The molecular formula is C15H16N2O2. The minimum atomic E-state index is -0.0731. The standard InChI is InChI=1S/C15H16N2O2/c1-3-19-14-8-6-12(7-9-14)15(18)17(2)13-5-4-10-16-11-13/h4-11H,3H2,1-2H3. The van der Waals surface area contributed by atoms with Crippen LogP contribution in [0.1, 0.15) is 17.3 Å². The highest BCUT2D eigenvalue weighted by Crippen LogP contribution is 2.16. The van der Waals surface area contributed by atoms with E-state index >= 15 is 0 Å². The lowest BCUT2D eigenvalue weighted by Gasteiger charge is -2.16. The first-order chi connectivity index (χ1) is 9.22. The van der Waals surface area contributed by atoms with Gasteiger partial charge in [0, 0.05) is 18.8 Å². The zero-order chi connectivity index (χ0) is 13.7. The second-order valence-electron chi connectivity index (χ2n) is 4.03. The fourth-order valence-electron chi connectivity index (χ4n) is 1.72. The number of aromatic nitrogens is 1. The maximum Gasteiger partial charge on any atom is 0.258 e. The van der Waals surface area contributed by atoms with Gasteiger partial charge in [-0.2, -0.15) is 0 Å². The summed E-state index contributed by atoms with van der Waals surface area (Å²) in [6.45, 7) is 2.54. The molecule has 0 aliphatic heterocycles. The van der Waals surface area contributed by atoms with Crippen molar-refractivity contribution >= 4 is 11.6 Å². The predicted molar refractivity (Wildman–Crippen MR) is 74.6 cm³/mol. The number of carbonyl (C=O) groups is 1. The number of nitrogens with zero attached hydrogens (tertiary/aromatic N) is 2. The smallest absolute Gasteiger partial charge is 0.258 e. The van der Waals surface area contributed by atoms with Crippen molar-refractivity contribution in [1.29, 1.82) is 0 Å². The molecule has 2 aromatic rings. The Morgan fingerprint density at radius 1 is 1.26 bits per heavy atom. The number of anilines is 1. The second-order valence-corrected chi connectivity index (χ2v) is 4.03. The largest absolute Gasteiger partial charge is 0.494 e. The van der Waals surface area contributed by atoms with E-state index in [9.17, 15) is 4.79 Å². The number of pyridine rings is 1. The van der Waals surface area contributed by atoms with Gasteiger partial charge in [0.2, 0.25) is 0 Å². The molecule has 4 nitrogen and oxygen atoms in total. The molecule has 0 spiro atoms. The van der Waals surface area contributed by atoms with Crippen LogP contribution in [0.25, 0.3) is 0 Å². The lowest BCUT2D eigenvalue weighted by atomic mass is 10.2. The molecule has 4 heteroatoms. The van der Waals surface area contributed by atoms with Gasteiger partial charge in [-0.05, 0) is 43.3 Å². The zero-order valence-corrected chi connectivity index (χ0v) is 11.0. The van der Waals surface area contributed by atoms with Crippen molar-refractivity contribution in [3.05, 3.63) is 54.4 Å². The Morgan fingerprint density at radius 3 is 2.58 bits per heavy atom. The zero-order valence-electron chi connectivity index (χ0n) is 11.0.